The molecule has 84 valence electrons. The Morgan fingerprint density at radius 3 is 2.35 bits per heavy atom. The zero-order chi connectivity index (χ0) is 11.9. The Morgan fingerprint density at radius 1 is 0.941 bits per heavy atom. The van der Waals surface area contributed by atoms with Crippen molar-refractivity contribution >= 4 is 10.9 Å². The number of nitrogens with zero attached hydrogens (tertiary/aromatic N) is 2. The van der Waals surface area contributed by atoms with Crippen molar-refractivity contribution in [3.63, 3.8) is 0 Å². The van der Waals surface area contributed by atoms with Crippen LogP contribution in [0.2, 0.25) is 0 Å². The molecule has 0 saturated heterocycles. The van der Waals surface area contributed by atoms with Crippen molar-refractivity contribution in [2.75, 3.05) is 0 Å². The Kier molecular flexibility index (Phi) is 3.60. The Labute approximate surface area is 98.0 Å². The molecule has 1 N–H and O–H groups in total. The maximum absolute atomic E-state index is 10.7. The second-order valence-corrected chi connectivity index (χ2v) is 3.30. The van der Waals surface area contributed by atoms with Crippen LogP contribution in [-0.4, -0.2) is 15.0 Å². The van der Waals surface area contributed by atoms with Gasteiger partial charge in [0.2, 0.25) is 0 Å². The Morgan fingerprint density at radius 2 is 1.71 bits per heavy atom. The van der Waals surface area contributed by atoms with Crippen LogP contribution in [0.1, 0.15) is 0 Å². The van der Waals surface area contributed by atoms with E-state index >= 15 is 0 Å². The lowest BCUT2D eigenvalue weighted by atomic mass is 10.2. The number of pyridine rings is 1. The number of rotatable bonds is 0. The van der Waals surface area contributed by atoms with Crippen LogP contribution in [0.15, 0.2) is 65.8 Å². The van der Waals surface area contributed by atoms with Gasteiger partial charge in [-0.05, 0) is 18.2 Å². The first-order chi connectivity index (χ1) is 8.36. The number of hydrogen-bond donors (Lipinski definition) is 1. The van der Waals surface area contributed by atoms with Crippen LogP contribution in [0.4, 0.5) is 0 Å². The summed E-state index contributed by atoms with van der Waals surface area (Å²) in [6, 6.07) is 13.2. The zero-order valence-corrected chi connectivity index (χ0v) is 9.08. The second-order valence-electron chi connectivity index (χ2n) is 3.30. The predicted octanol–water partition coefficient (Wildman–Crippen LogP) is 2.00. The Bertz CT molecular complexity index is 608. The largest absolute Gasteiger partial charge is 0.345 e. The molecule has 4 heteroatoms. The number of fused-ring (bicyclic) bond motifs is 1. The average molecular weight is 225 g/mol. The highest BCUT2D eigenvalue weighted by Gasteiger charge is 1.90. The van der Waals surface area contributed by atoms with Crippen molar-refractivity contribution in [1.29, 1.82) is 0 Å². The number of aromatic nitrogens is 3. The van der Waals surface area contributed by atoms with Crippen molar-refractivity contribution in [1.82, 2.24) is 15.0 Å². The van der Waals surface area contributed by atoms with Gasteiger partial charge in [0.15, 0.2) is 0 Å². The van der Waals surface area contributed by atoms with Gasteiger partial charge in [-0.2, -0.15) is 0 Å². The predicted molar refractivity (Wildman–Crippen MR) is 66.6 cm³/mol. The fourth-order valence-electron chi connectivity index (χ4n) is 1.31. The van der Waals surface area contributed by atoms with Crippen LogP contribution in [-0.2, 0) is 0 Å². The number of nitrogens with one attached hydrogen (secondary N) is 1. The van der Waals surface area contributed by atoms with Gasteiger partial charge in [0.05, 0.1) is 5.52 Å². The molecule has 0 aliphatic rings. The molecule has 0 saturated carbocycles. The van der Waals surface area contributed by atoms with Crippen LogP contribution in [0.25, 0.3) is 10.9 Å². The normalized spacial score (nSPS) is 9.41. The first kappa shape index (κ1) is 11.0. The first-order valence-electron chi connectivity index (χ1n) is 5.15. The third-order valence-electron chi connectivity index (χ3n) is 2.09. The van der Waals surface area contributed by atoms with Crippen molar-refractivity contribution in [3.05, 3.63) is 71.5 Å². The SMILES string of the molecule is O=c1ncc2ccccc2[nH]1.c1ccncc1. The van der Waals surface area contributed by atoms with Gasteiger partial charge >= 0.3 is 5.69 Å². The molecule has 0 atom stereocenters. The molecule has 3 aromatic rings. The van der Waals surface area contributed by atoms with Gasteiger partial charge in [0.25, 0.3) is 0 Å². The molecule has 4 nitrogen and oxygen atoms in total. The maximum atomic E-state index is 10.7. The van der Waals surface area contributed by atoms with Crippen molar-refractivity contribution in [3.8, 4) is 0 Å². The molecular weight excluding hydrogens is 214 g/mol. The third-order valence-corrected chi connectivity index (χ3v) is 2.09. The van der Waals surface area contributed by atoms with E-state index in [1.807, 2.05) is 42.5 Å². The quantitative estimate of drug-likeness (QED) is 0.636. The minimum absolute atomic E-state index is 0.302. The molecule has 0 fully saturated rings. The van der Waals surface area contributed by atoms with E-state index in [0.717, 1.165) is 10.9 Å². The molecule has 2 aromatic heterocycles. The van der Waals surface area contributed by atoms with Gasteiger partial charge in [0.1, 0.15) is 0 Å². The molecule has 17 heavy (non-hydrogen) atoms. The molecule has 2 heterocycles. The maximum Gasteiger partial charge on any atom is 0.345 e. The fraction of sp³-hybridized carbons (Fsp3) is 0. The van der Waals surface area contributed by atoms with Crippen LogP contribution in [0.3, 0.4) is 0 Å². The first-order valence-corrected chi connectivity index (χ1v) is 5.15. The van der Waals surface area contributed by atoms with Gasteiger partial charge in [-0.25, -0.2) is 9.78 Å². The van der Waals surface area contributed by atoms with E-state index in [1.54, 1.807) is 18.6 Å². The van der Waals surface area contributed by atoms with Crippen molar-refractivity contribution in [2.45, 2.75) is 0 Å². The summed E-state index contributed by atoms with van der Waals surface area (Å²) in [5.74, 6) is 0. The molecule has 0 radical (unpaired) electrons. The lowest BCUT2D eigenvalue weighted by molar-refractivity contribution is 1.12. The number of aromatic amines is 1. The molecular formula is C13H11N3O. The summed E-state index contributed by atoms with van der Waals surface area (Å²) in [6.45, 7) is 0. The van der Waals surface area contributed by atoms with Crippen LogP contribution in [0, 0.1) is 0 Å². The Balaban J connectivity index is 0.000000153. The molecule has 0 bridgehead atoms. The smallest absolute Gasteiger partial charge is 0.305 e. The molecule has 0 unspecified atom stereocenters. The van der Waals surface area contributed by atoms with Crippen molar-refractivity contribution in [2.24, 2.45) is 0 Å². The monoisotopic (exact) mass is 225 g/mol. The standard InChI is InChI=1S/C8H6N2O.C5H5N/c11-8-9-5-6-3-1-2-4-7(6)10-8;1-2-4-6-5-3-1/h1-5H,(H,9,10,11);1-5H. The number of para-hydroxylation sites is 1. The van der Waals surface area contributed by atoms with Crippen LogP contribution in [0.5, 0.6) is 0 Å². The van der Waals surface area contributed by atoms with Crippen LogP contribution < -0.4 is 5.69 Å². The third kappa shape index (κ3) is 3.24. The van der Waals surface area contributed by atoms with E-state index < -0.39 is 0 Å². The van der Waals surface area contributed by atoms with Gasteiger partial charge in [-0.3, -0.25) is 4.98 Å². The Hall–Kier alpha value is -2.49. The second kappa shape index (κ2) is 5.55. The highest BCUT2D eigenvalue weighted by Crippen LogP contribution is 2.05. The van der Waals surface area contributed by atoms with Gasteiger partial charge in [-0.15, -0.1) is 0 Å². The summed E-state index contributed by atoms with van der Waals surface area (Å²) in [6.07, 6.45) is 5.06. The van der Waals surface area contributed by atoms with E-state index in [0.29, 0.717) is 0 Å². The average Bonchev–Trinajstić information content (AvgIpc) is 2.41. The van der Waals surface area contributed by atoms with Crippen LogP contribution >= 0.6 is 0 Å². The molecule has 1 aromatic carbocycles. The van der Waals surface area contributed by atoms with E-state index in [-0.39, 0.29) is 5.69 Å². The molecule has 0 amide bonds. The molecule has 0 aliphatic carbocycles. The summed E-state index contributed by atoms with van der Waals surface area (Å²) in [5, 5.41) is 0.951. The van der Waals surface area contributed by atoms with E-state index in [4.69, 9.17) is 0 Å². The van der Waals surface area contributed by atoms with Crippen molar-refractivity contribution < 1.29 is 0 Å². The lowest BCUT2D eigenvalue weighted by Crippen LogP contribution is -2.07. The topological polar surface area (TPSA) is 58.6 Å². The molecule has 3 rings (SSSR count). The number of H-pyrrole nitrogens is 1. The minimum atomic E-state index is -0.302. The molecule has 0 spiro atoms. The van der Waals surface area contributed by atoms with Gasteiger partial charge in [-0.1, -0.05) is 24.3 Å². The van der Waals surface area contributed by atoms with Gasteiger partial charge in [0, 0.05) is 24.0 Å². The lowest BCUT2D eigenvalue weighted by Gasteiger charge is -1.92. The summed E-state index contributed by atoms with van der Waals surface area (Å²) < 4.78 is 0. The number of benzene rings is 1. The summed E-state index contributed by atoms with van der Waals surface area (Å²) in [5.41, 5.74) is 0.524. The number of hydrogen-bond acceptors (Lipinski definition) is 3. The van der Waals surface area contributed by atoms with Gasteiger partial charge < -0.3 is 4.98 Å². The summed E-state index contributed by atoms with van der Waals surface area (Å²) in [7, 11) is 0. The van der Waals surface area contributed by atoms with E-state index in [2.05, 4.69) is 15.0 Å². The molecule has 0 aliphatic heterocycles. The fourth-order valence-corrected chi connectivity index (χ4v) is 1.31. The minimum Gasteiger partial charge on any atom is -0.305 e. The van der Waals surface area contributed by atoms with E-state index in [1.165, 1.54) is 0 Å². The summed E-state index contributed by atoms with van der Waals surface area (Å²) in [4.78, 5) is 20.7. The zero-order valence-electron chi connectivity index (χ0n) is 9.08. The van der Waals surface area contributed by atoms with E-state index in [9.17, 15) is 4.79 Å². The highest BCUT2D eigenvalue weighted by molar-refractivity contribution is 5.76. The highest BCUT2D eigenvalue weighted by atomic mass is 16.1. The summed E-state index contributed by atoms with van der Waals surface area (Å²) >= 11 is 0.